The molecule has 0 aliphatic carbocycles. The van der Waals surface area contributed by atoms with Gasteiger partial charge in [0.25, 0.3) is 0 Å². The van der Waals surface area contributed by atoms with E-state index in [0.717, 1.165) is 18.7 Å². The Balaban J connectivity index is 2.37. The van der Waals surface area contributed by atoms with Crippen molar-refractivity contribution < 1.29 is 9.47 Å². The fourth-order valence-corrected chi connectivity index (χ4v) is 1.38. The fourth-order valence-electron chi connectivity index (χ4n) is 1.38. The first-order valence-electron chi connectivity index (χ1n) is 5.61. The topological polar surface area (TPSA) is 51.3 Å². The van der Waals surface area contributed by atoms with Gasteiger partial charge in [0.1, 0.15) is 0 Å². The van der Waals surface area contributed by atoms with Crippen molar-refractivity contribution in [2.45, 2.75) is 32.8 Å². The van der Waals surface area contributed by atoms with E-state index in [0.29, 0.717) is 12.4 Å². The molecule has 0 fully saturated rings. The van der Waals surface area contributed by atoms with Gasteiger partial charge in [0.15, 0.2) is 5.75 Å². The molecule has 0 aliphatic heterocycles. The SMILES string of the molecule is CCCCCOCc1cc(=O)c(OC)c[nH]1. The van der Waals surface area contributed by atoms with Gasteiger partial charge in [-0.05, 0) is 6.42 Å². The highest BCUT2D eigenvalue weighted by Crippen LogP contribution is 2.02. The van der Waals surface area contributed by atoms with E-state index < -0.39 is 0 Å². The molecule has 0 radical (unpaired) electrons. The number of nitrogens with one attached hydrogen (secondary N) is 1. The third-order valence-corrected chi connectivity index (χ3v) is 2.31. The summed E-state index contributed by atoms with van der Waals surface area (Å²) in [7, 11) is 1.48. The highest BCUT2D eigenvalue weighted by molar-refractivity contribution is 5.19. The van der Waals surface area contributed by atoms with Crippen molar-refractivity contribution >= 4 is 0 Å². The first-order chi connectivity index (χ1) is 7.77. The van der Waals surface area contributed by atoms with Crippen LogP contribution in [0.2, 0.25) is 0 Å². The summed E-state index contributed by atoms with van der Waals surface area (Å²) in [5, 5.41) is 0. The molecule has 1 aromatic rings. The maximum Gasteiger partial charge on any atom is 0.223 e. The second-order valence-electron chi connectivity index (χ2n) is 3.65. The second-order valence-corrected chi connectivity index (χ2v) is 3.65. The van der Waals surface area contributed by atoms with Crippen molar-refractivity contribution in [3.63, 3.8) is 0 Å². The Bertz CT molecular complexity index is 360. The first kappa shape index (κ1) is 12.8. The smallest absolute Gasteiger partial charge is 0.223 e. The number of ether oxygens (including phenoxy) is 2. The Kier molecular flexibility index (Phi) is 5.64. The molecule has 0 bridgehead atoms. The van der Waals surface area contributed by atoms with E-state index in [2.05, 4.69) is 11.9 Å². The van der Waals surface area contributed by atoms with Crippen molar-refractivity contribution in [3.8, 4) is 5.75 Å². The highest BCUT2D eigenvalue weighted by atomic mass is 16.5. The first-order valence-corrected chi connectivity index (χ1v) is 5.61. The van der Waals surface area contributed by atoms with Crippen LogP contribution in [0.5, 0.6) is 5.75 Å². The summed E-state index contributed by atoms with van der Waals surface area (Å²) in [6.07, 6.45) is 4.99. The van der Waals surface area contributed by atoms with Crippen LogP contribution in [0.4, 0.5) is 0 Å². The lowest BCUT2D eigenvalue weighted by Gasteiger charge is -2.04. The molecule has 1 rings (SSSR count). The third kappa shape index (κ3) is 4.06. The van der Waals surface area contributed by atoms with Gasteiger partial charge in [0.2, 0.25) is 5.43 Å². The minimum Gasteiger partial charge on any atom is -0.491 e. The van der Waals surface area contributed by atoms with Crippen molar-refractivity contribution in [1.29, 1.82) is 0 Å². The summed E-state index contributed by atoms with van der Waals surface area (Å²) in [5.74, 6) is 0.328. The van der Waals surface area contributed by atoms with Gasteiger partial charge in [0, 0.05) is 24.6 Å². The van der Waals surface area contributed by atoms with Gasteiger partial charge in [-0.25, -0.2) is 0 Å². The van der Waals surface area contributed by atoms with E-state index in [1.54, 1.807) is 6.20 Å². The molecule has 4 nitrogen and oxygen atoms in total. The van der Waals surface area contributed by atoms with Crippen molar-refractivity contribution in [1.82, 2.24) is 4.98 Å². The van der Waals surface area contributed by atoms with Crippen molar-refractivity contribution in [3.05, 3.63) is 28.2 Å². The molecule has 0 aliphatic rings. The zero-order valence-corrected chi connectivity index (χ0v) is 9.91. The maximum atomic E-state index is 11.4. The monoisotopic (exact) mass is 225 g/mol. The number of methoxy groups -OCH3 is 1. The molecule has 0 saturated carbocycles. The number of aromatic amines is 1. The molecular formula is C12H19NO3. The normalized spacial score (nSPS) is 10.4. The van der Waals surface area contributed by atoms with Gasteiger partial charge in [-0.15, -0.1) is 0 Å². The predicted octanol–water partition coefficient (Wildman–Crippen LogP) is 2.09. The summed E-state index contributed by atoms with van der Waals surface area (Å²) < 4.78 is 10.3. The number of H-pyrrole nitrogens is 1. The predicted molar refractivity (Wildman–Crippen MR) is 62.8 cm³/mol. The third-order valence-electron chi connectivity index (χ3n) is 2.31. The van der Waals surface area contributed by atoms with E-state index in [4.69, 9.17) is 9.47 Å². The molecular weight excluding hydrogens is 206 g/mol. The summed E-state index contributed by atoms with van der Waals surface area (Å²) in [6, 6.07) is 1.51. The molecule has 0 aromatic carbocycles. The van der Waals surface area contributed by atoms with E-state index in [1.165, 1.54) is 26.0 Å². The number of unbranched alkanes of at least 4 members (excludes halogenated alkanes) is 2. The number of hydrogen-bond donors (Lipinski definition) is 1. The fraction of sp³-hybridized carbons (Fsp3) is 0.583. The summed E-state index contributed by atoms with van der Waals surface area (Å²) in [6.45, 7) is 3.34. The van der Waals surface area contributed by atoms with Crippen LogP contribution < -0.4 is 10.2 Å². The molecule has 0 spiro atoms. The number of aromatic nitrogens is 1. The molecule has 0 atom stereocenters. The Morgan fingerprint density at radius 2 is 2.19 bits per heavy atom. The van der Waals surface area contributed by atoms with Crippen LogP contribution in [0.15, 0.2) is 17.1 Å². The Morgan fingerprint density at radius 1 is 1.38 bits per heavy atom. The standard InChI is InChI=1S/C12H19NO3/c1-3-4-5-6-16-9-10-7-11(14)12(15-2)8-13-10/h7-8H,3-6,9H2,1-2H3,(H,13,14). The average molecular weight is 225 g/mol. The van der Waals surface area contributed by atoms with Gasteiger partial charge in [0.05, 0.1) is 13.7 Å². The van der Waals surface area contributed by atoms with Crippen molar-refractivity contribution in [2.75, 3.05) is 13.7 Å². The molecule has 0 unspecified atom stereocenters. The summed E-state index contributed by atoms with van der Waals surface area (Å²) in [5.41, 5.74) is 0.663. The largest absolute Gasteiger partial charge is 0.491 e. The molecule has 90 valence electrons. The van der Waals surface area contributed by atoms with Crippen LogP contribution in [-0.2, 0) is 11.3 Å². The van der Waals surface area contributed by atoms with Crippen LogP contribution in [0.1, 0.15) is 31.9 Å². The molecule has 16 heavy (non-hydrogen) atoms. The number of rotatable bonds is 7. The Labute approximate surface area is 95.6 Å². The van der Waals surface area contributed by atoms with Gasteiger partial charge >= 0.3 is 0 Å². The number of pyridine rings is 1. The zero-order valence-electron chi connectivity index (χ0n) is 9.91. The van der Waals surface area contributed by atoms with Crippen LogP contribution in [0.25, 0.3) is 0 Å². The summed E-state index contributed by atoms with van der Waals surface area (Å²) >= 11 is 0. The lowest BCUT2D eigenvalue weighted by atomic mass is 10.3. The molecule has 1 heterocycles. The minimum absolute atomic E-state index is 0.117. The van der Waals surface area contributed by atoms with Crippen LogP contribution in [-0.4, -0.2) is 18.7 Å². The lowest BCUT2D eigenvalue weighted by Crippen LogP contribution is -2.08. The Morgan fingerprint density at radius 3 is 2.81 bits per heavy atom. The molecule has 4 heteroatoms. The molecule has 0 amide bonds. The molecule has 0 saturated heterocycles. The van der Waals surface area contributed by atoms with Gasteiger partial charge < -0.3 is 14.5 Å². The van der Waals surface area contributed by atoms with Crippen LogP contribution >= 0.6 is 0 Å². The van der Waals surface area contributed by atoms with Crippen LogP contribution in [0.3, 0.4) is 0 Å². The average Bonchev–Trinajstić information content (AvgIpc) is 2.29. The number of hydrogen-bond acceptors (Lipinski definition) is 3. The van der Waals surface area contributed by atoms with Gasteiger partial charge in [-0.3, -0.25) is 4.79 Å². The second kappa shape index (κ2) is 7.06. The van der Waals surface area contributed by atoms with Gasteiger partial charge in [-0.2, -0.15) is 0 Å². The Hall–Kier alpha value is -1.29. The van der Waals surface area contributed by atoms with E-state index >= 15 is 0 Å². The minimum atomic E-state index is -0.117. The molecule has 1 N–H and O–H groups in total. The maximum absolute atomic E-state index is 11.4. The van der Waals surface area contributed by atoms with E-state index in [9.17, 15) is 4.79 Å². The molecule has 1 aromatic heterocycles. The van der Waals surface area contributed by atoms with E-state index in [-0.39, 0.29) is 5.43 Å². The highest BCUT2D eigenvalue weighted by Gasteiger charge is 2.00. The van der Waals surface area contributed by atoms with Crippen molar-refractivity contribution in [2.24, 2.45) is 0 Å². The quantitative estimate of drug-likeness (QED) is 0.723. The van der Waals surface area contributed by atoms with Crippen LogP contribution in [0, 0.1) is 0 Å². The van der Waals surface area contributed by atoms with E-state index in [1.807, 2.05) is 0 Å². The lowest BCUT2D eigenvalue weighted by molar-refractivity contribution is 0.114. The summed E-state index contributed by atoms with van der Waals surface area (Å²) in [4.78, 5) is 14.4. The zero-order chi connectivity index (χ0) is 11.8. The van der Waals surface area contributed by atoms with Gasteiger partial charge in [-0.1, -0.05) is 19.8 Å².